The Hall–Kier alpha value is -3.52. The molecule has 2 aromatic rings. The summed E-state index contributed by atoms with van der Waals surface area (Å²) in [5.41, 5.74) is 8.01. The lowest BCUT2D eigenvalue weighted by Gasteiger charge is -2.30. The van der Waals surface area contributed by atoms with Crippen molar-refractivity contribution < 1.29 is 14.4 Å². The Balaban J connectivity index is 2.07. The number of pyridine rings is 1. The van der Waals surface area contributed by atoms with Crippen LogP contribution in [0.3, 0.4) is 0 Å². The molecule has 2 rings (SSSR count). The van der Waals surface area contributed by atoms with Crippen LogP contribution in [0, 0.1) is 0 Å². The zero-order valence-electron chi connectivity index (χ0n) is 23.2. The standard InChI is InChI=1S/C30H43N5O3/c1-5-30(31,6-2)18-11-14-27(36)35(7-3)23-28(37)34(4)26(22-25-12-9-8-10-13-25)29(38)33-21-17-24-15-19-32-20-16-24/h8-16,19-20,26H,5-7,17-18,21-23,31H2,1-4H3,(H,33,38)/b14-11+. The quantitative estimate of drug-likeness (QED) is 0.350. The van der Waals surface area contributed by atoms with Crippen molar-refractivity contribution in [1.29, 1.82) is 0 Å². The second kappa shape index (κ2) is 15.7. The van der Waals surface area contributed by atoms with Crippen LogP contribution in [-0.2, 0) is 27.2 Å². The van der Waals surface area contributed by atoms with Crippen LogP contribution in [-0.4, -0.2) is 70.8 Å². The zero-order chi connectivity index (χ0) is 28.0. The molecule has 0 aliphatic heterocycles. The molecule has 0 aliphatic rings. The fourth-order valence-corrected chi connectivity index (χ4v) is 4.07. The zero-order valence-corrected chi connectivity index (χ0v) is 23.2. The molecule has 0 saturated heterocycles. The maximum Gasteiger partial charge on any atom is 0.246 e. The number of likely N-dealkylation sites (N-methyl/N-ethyl adjacent to an activating group) is 2. The maximum atomic E-state index is 13.3. The van der Waals surface area contributed by atoms with Crippen molar-refractivity contribution in [3.8, 4) is 0 Å². The Morgan fingerprint density at radius 2 is 1.68 bits per heavy atom. The van der Waals surface area contributed by atoms with Crippen molar-refractivity contribution in [2.24, 2.45) is 5.73 Å². The number of aromatic nitrogens is 1. The van der Waals surface area contributed by atoms with Gasteiger partial charge in [-0.05, 0) is 61.9 Å². The summed E-state index contributed by atoms with van der Waals surface area (Å²) < 4.78 is 0. The average Bonchev–Trinajstić information content (AvgIpc) is 2.94. The van der Waals surface area contributed by atoms with Gasteiger partial charge in [-0.2, -0.15) is 0 Å². The number of amides is 3. The molecular formula is C30H43N5O3. The van der Waals surface area contributed by atoms with Crippen LogP contribution in [0.2, 0.25) is 0 Å². The summed E-state index contributed by atoms with van der Waals surface area (Å²) in [6.45, 7) is 6.61. The highest BCUT2D eigenvalue weighted by atomic mass is 16.2. The molecule has 8 heteroatoms. The third-order valence-electron chi connectivity index (χ3n) is 7.11. The molecule has 1 atom stereocenters. The van der Waals surface area contributed by atoms with Crippen LogP contribution in [0.5, 0.6) is 0 Å². The summed E-state index contributed by atoms with van der Waals surface area (Å²) in [7, 11) is 1.62. The van der Waals surface area contributed by atoms with E-state index in [0.717, 1.165) is 24.0 Å². The SMILES string of the molecule is CCN(CC(=O)N(C)C(Cc1ccccc1)C(=O)NCCc1ccncc1)C(=O)/C=C/CC(N)(CC)CC. The van der Waals surface area contributed by atoms with Crippen molar-refractivity contribution in [3.05, 3.63) is 78.1 Å². The number of rotatable bonds is 15. The average molecular weight is 522 g/mol. The number of benzene rings is 1. The summed E-state index contributed by atoms with van der Waals surface area (Å²) in [5, 5.41) is 2.97. The maximum absolute atomic E-state index is 13.3. The minimum Gasteiger partial charge on any atom is -0.354 e. The van der Waals surface area contributed by atoms with Gasteiger partial charge in [0.15, 0.2) is 0 Å². The molecule has 1 unspecified atom stereocenters. The summed E-state index contributed by atoms with van der Waals surface area (Å²) in [6.07, 6.45) is 9.99. The minimum absolute atomic E-state index is 0.110. The van der Waals surface area contributed by atoms with E-state index in [1.54, 1.807) is 25.5 Å². The van der Waals surface area contributed by atoms with E-state index in [9.17, 15) is 14.4 Å². The summed E-state index contributed by atoms with van der Waals surface area (Å²) >= 11 is 0. The van der Waals surface area contributed by atoms with E-state index in [1.807, 2.05) is 63.2 Å². The normalized spacial score (nSPS) is 12.2. The number of hydrogen-bond acceptors (Lipinski definition) is 5. The Morgan fingerprint density at radius 1 is 1.03 bits per heavy atom. The van der Waals surface area contributed by atoms with E-state index >= 15 is 0 Å². The first kappa shape index (κ1) is 30.7. The van der Waals surface area contributed by atoms with E-state index in [4.69, 9.17) is 5.73 Å². The van der Waals surface area contributed by atoms with E-state index in [1.165, 1.54) is 15.9 Å². The smallest absolute Gasteiger partial charge is 0.246 e. The van der Waals surface area contributed by atoms with Gasteiger partial charge in [0, 0.05) is 44.5 Å². The highest BCUT2D eigenvalue weighted by Crippen LogP contribution is 2.16. The van der Waals surface area contributed by atoms with Crippen LogP contribution in [0.15, 0.2) is 67.0 Å². The fraction of sp³-hybridized carbons (Fsp3) is 0.467. The number of hydrogen-bond donors (Lipinski definition) is 2. The van der Waals surface area contributed by atoms with Gasteiger partial charge in [-0.1, -0.05) is 50.3 Å². The van der Waals surface area contributed by atoms with Gasteiger partial charge in [0.2, 0.25) is 17.7 Å². The minimum atomic E-state index is -0.710. The second-order valence-electron chi connectivity index (χ2n) is 9.64. The molecule has 0 fully saturated rings. The summed E-state index contributed by atoms with van der Waals surface area (Å²) in [5.74, 6) is -0.772. The number of carbonyl (C=O) groups excluding carboxylic acids is 3. The van der Waals surface area contributed by atoms with Gasteiger partial charge in [-0.3, -0.25) is 19.4 Å². The Labute approximate surface area is 227 Å². The lowest BCUT2D eigenvalue weighted by Crippen LogP contribution is -2.52. The van der Waals surface area contributed by atoms with Gasteiger partial charge in [0.25, 0.3) is 0 Å². The number of nitrogens with zero attached hydrogens (tertiary/aromatic N) is 3. The molecular weight excluding hydrogens is 478 g/mol. The lowest BCUT2D eigenvalue weighted by molar-refractivity contribution is -0.142. The number of nitrogens with two attached hydrogens (primary N) is 1. The molecule has 8 nitrogen and oxygen atoms in total. The van der Waals surface area contributed by atoms with Gasteiger partial charge in [-0.25, -0.2) is 0 Å². The lowest BCUT2D eigenvalue weighted by atomic mass is 9.90. The van der Waals surface area contributed by atoms with E-state index in [2.05, 4.69) is 10.3 Å². The van der Waals surface area contributed by atoms with Gasteiger partial charge >= 0.3 is 0 Å². The van der Waals surface area contributed by atoms with Gasteiger partial charge in [-0.15, -0.1) is 0 Å². The molecule has 0 radical (unpaired) electrons. The van der Waals surface area contributed by atoms with Crippen LogP contribution in [0.4, 0.5) is 0 Å². The predicted octanol–water partition coefficient (Wildman–Crippen LogP) is 3.12. The Kier molecular flexibility index (Phi) is 12.7. The van der Waals surface area contributed by atoms with Crippen molar-refractivity contribution in [3.63, 3.8) is 0 Å². The monoisotopic (exact) mass is 521 g/mol. The molecule has 1 heterocycles. The second-order valence-corrected chi connectivity index (χ2v) is 9.64. The molecule has 38 heavy (non-hydrogen) atoms. The number of carbonyl (C=O) groups is 3. The first-order chi connectivity index (χ1) is 18.2. The van der Waals surface area contributed by atoms with Crippen LogP contribution < -0.4 is 11.1 Å². The van der Waals surface area contributed by atoms with Gasteiger partial charge < -0.3 is 20.9 Å². The molecule has 0 saturated carbocycles. The van der Waals surface area contributed by atoms with E-state index in [-0.39, 0.29) is 29.8 Å². The molecule has 1 aromatic heterocycles. The third-order valence-corrected chi connectivity index (χ3v) is 7.11. The van der Waals surface area contributed by atoms with Crippen LogP contribution >= 0.6 is 0 Å². The Bertz CT molecular complexity index is 1040. The molecule has 3 amide bonds. The summed E-state index contributed by atoms with van der Waals surface area (Å²) in [6, 6.07) is 12.7. The third kappa shape index (κ3) is 9.74. The molecule has 1 aromatic carbocycles. The summed E-state index contributed by atoms with van der Waals surface area (Å²) in [4.78, 5) is 46.3. The predicted molar refractivity (Wildman–Crippen MR) is 151 cm³/mol. The van der Waals surface area contributed by atoms with Crippen molar-refractivity contribution in [2.45, 2.75) is 64.5 Å². The van der Waals surface area contributed by atoms with Crippen molar-refractivity contribution in [1.82, 2.24) is 20.1 Å². The van der Waals surface area contributed by atoms with Crippen molar-refractivity contribution >= 4 is 17.7 Å². The fourth-order valence-electron chi connectivity index (χ4n) is 4.07. The van der Waals surface area contributed by atoms with Crippen LogP contribution in [0.1, 0.15) is 51.2 Å². The first-order valence-electron chi connectivity index (χ1n) is 13.4. The topological polar surface area (TPSA) is 109 Å². The molecule has 3 N–H and O–H groups in total. The molecule has 0 aliphatic carbocycles. The van der Waals surface area contributed by atoms with Crippen molar-refractivity contribution in [2.75, 3.05) is 26.7 Å². The molecule has 206 valence electrons. The molecule has 0 spiro atoms. The largest absolute Gasteiger partial charge is 0.354 e. The highest BCUT2D eigenvalue weighted by molar-refractivity contribution is 5.93. The first-order valence-corrected chi connectivity index (χ1v) is 13.4. The Morgan fingerprint density at radius 3 is 2.29 bits per heavy atom. The van der Waals surface area contributed by atoms with E-state index < -0.39 is 6.04 Å². The van der Waals surface area contributed by atoms with E-state index in [0.29, 0.717) is 32.4 Å². The van der Waals surface area contributed by atoms with Gasteiger partial charge in [0.1, 0.15) is 12.6 Å². The van der Waals surface area contributed by atoms with Gasteiger partial charge in [0.05, 0.1) is 0 Å². The highest BCUT2D eigenvalue weighted by Gasteiger charge is 2.28. The van der Waals surface area contributed by atoms with Crippen LogP contribution in [0.25, 0.3) is 0 Å². The molecule has 0 bridgehead atoms. The number of nitrogens with one attached hydrogen (secondary N) is 1.